The first kappa shape index (κ1) is 19.1. The van der Waals surface area contributed by atoms with Crippen molar-refractivity contribution in [1.82, 2.24) is 4.72 Å². The van der Waals surface area contributed by atoms with Crippen molar-refractivity contribution in [1.29, 1.82) is 0 Å². The fourth-order valence-corrected chi connectivity index (χ4v) is 3.71. The number of aliphatic hydroxyl groups is 1. The van der Waals surface area contributed by atoms with Crippen molar-refractivity contribution in [3.63, 3.8) is 0 Å². The second-order valence-electron chi connectivity index (χ2n) is 6.45. The zero-order valence-corrected chi connectivity index (χ0v) is 15.7. The molecule has 0 aliphatic heterocycles. The van der Waals surface area contributed by atoms with Gasteiger partial charge in [-0.25, -0.2) is 13.1 Å². The van der Waals surface area contributed by atoms with Gasteiger partial charge in [-0.3, -0.25) is 4.79 Å². The predicted octanol–water partition coefficient (Wildman–Crippen LogP) is 2.58. The summed E-state index contributed by atoms with van der Waals surface area (Å²) < 4.78 is 33.0. The fraction of sp³-hybridized carbons (Fsp3) is 0.211. The maximum Gasteiger partial charge on any atom is 0.240 e. The number of carbonyl (C=O) groups excluding carboxylic acids is 1. The molecule has 142 valence electrons. The normalized spacial score (nSPS) is 14.0. The molecule has 3 N–H and O–H groups in total. The Bertz CT molecular complexity index is 1040. The average molecular weight is 388 g/mol. The highest BCUT2D eigenvalue weighted by Gasteiger charge is 2.29. The molecule has 0 radical (unpaired) electrons. The molecule has 0 saturated carbocycles. The molecule has 0 aliphatic rings. The highest BCUT2D eigenvalue weighted by Crippen LogP contribution is 2.28. The molecule has 7 nitrogen and oxygen atoms in total. The third kappa shape index (κ3) is 4.36. The molecule has 8 heteroatoms. The van der Waals surface area contributed by atoms with E-state index in [0.29, 0.717) is 11.3 Å². The number of hydrogen-bond donors (Lipinski definition) is 3. The number of nitrogens with one attached hydrogen (secondary N) is 2. The summed E-state index contributed by atoms with van der Waals surface area (Å²) in [6.07, 6.45) is 0. The lowest BCUT2D eigenvalue weighted by Gasteiger charge is -2.21. The fourth-order valence-electron chi connectivity index (χ4n) is 2.57. The zero-order valence-electron chi connectivity index (χ0n) is 14.9. The minimum absolute atomic E-state index is 0.0250. The number of furan rings is 1. The Kier molecular flexibility index (Phi) is 5.05. The van der Waals surface area contributed by atoms with Crippen LogP contribution in [0.25, 0.3) is 11.0 Å². The van der Waals surface area contributed by atoms with Crippen molar-refractivity contribution in [2.24, 2.45) is 0 Å². The van der Waals surface area contributed by atoms with E-state index < -0.39 is 15.6 Å². The number of hydrogen-bond acceptors (Lipinski definition) is 5. The quantitative estimate of drug-likeness (QED) is 0.601. The smallest absolute Gasteiger partial charge is 0.240 e. The van der Waals surface area contributed by atoms with E-state index in [-0.39, 0.29) is 23.1 Å². The van der Waals surface area contributed by atoms with Crippen molar-refractivity contribution in [3.05, 3.63) is 60.4 Å². The van der Waals surface area contributed by atoms with Gasteiger partial charge >= 0.3 is 0 Å². The van der Waals surface area contributed by atoms with Crippen LogP contribution in [0.2, 0.25) is 0 Å². The lowest BCUT2D eigenvalue weighted by Crippen LogP contribution is -2.38. The van der Waals surface area contributed by atoms with Gasteiger partial charge in [-0.1, -0.05) is 18.2 Å². The first-order valence-electron chi connectivity index (χ1n) is 8.26. The van der Waals surface area contributed by atoms with E-state index >= 15 is 0 Å². The monoisotopic (exact) mass is 388 g/mol. The standard InChI is InChI=1S/C19H20N2O5S/c1-13(22)21-15-7-9-16(10-8-15)27(24,25)20-12-19(2,23)18-11-14-5-3-4-6-17(14)26-18/h3-11,20,23H,12H2,1-2H3,(H,21,22). The highest BCUT2D eigenvalue weighted by atomic mass is 32.2. The molecule has 0 bridgehead atoms. The van der Waals surface area contributed by atoms with Gasteiger partial charge in [0, 0.05) is 24.5 Å². The van der Waals surface area contributed by atoms with Crippen LogP contribution in [-0.4, -0.2) is 26.0 Å². The SMILES string of the molecule is CC(=O)Nc1ccc(S(=O)(=O)NCC(C)(O)c2cc3ccccc3o2)cc1. The third-order valence-electron chi connectivity index (χ3n) is 4.05. The van der Waals surface area contributed by atoms with Gasteiger partial charge in [0.2, 0.25) is 15.9 Å². The minimum Gasteiger partial charge on any atom is -0.458 e. The van der Waals surface area contributed by atoms with E-state index in [2.05, 4.69) is 10.0 Å². The molecule has 1 aromatic heterocycles. The molecule has 3 rings (SSSR count). The number of carbonyl (C=O) groups is 1. The molecule has 3 aromatic rings. The molecule has 1 amide bonds. The maximum atomic E-state index is 12.5. The minimum atomic E-state index is -3.84. The predicted molar refractivity (Wildman–Crippen MR) is 102 cm³/mol. The van der Waals surface area contributed by atoms with Gasteiger partial charge in [-0.05, 0) is 43.3 Å². The molecule has 0 spiro atoms. The third-order valence-corrected chi connectivity index (χ3v) is 5.46. The molecular weight excluding hydrogens is 368 g/mol. The van der Waals surface area contributed by atoms with Crippen molar-refractivity contribution < 1.29 is 22.7 Å². The Morgan fingerprint density at radius 1 is 1.15 bits per heavy atom. The van der Waals surface area contributed by atoms with Crippen LogP contribution in [0.15, 0.2) is 63.9 Å². The summed E-state index contributed by atoms with van der Waals surface area (Å²) in [5, 5.41) is 14.1. The van der Waals surface area contributed by atoms with Crippen LogP contribution in [0, 0.1) is 0 Å². The van der Waals surface area contributed by atoms with Crippen molar-refractivity contribution in [2.45, 2.75) is 24.3 Å². The second-order valence-corrected chi connectivity index (χ2v) is 8.22. The first-order chi connectivity index (χ1) is 12.7. The average Bonchev–Trinajstić information content (AvgIpc) is 3.05. The van der Waals surface area contributed by atoms with E-state index in [0.717, 1.165) is 5.39 Å². The first-order valence-corrected chi connectivity index (χ1v) is 9.74. The van der Waals surface area contributed by atoms with Crippen molar-refractivity contribution >= 4 is 32.6 Å². The van der Waals surface area contributed by atoms with Crippen LogP contribution < -0.4 is 10.0 Å². The summed E-state index contributed by atoms with van der Waals surface area (Å²) in [6, 6.07) is 14.7. The van der Waals surface area contributed by atoms with Gasteiger partial charge in [-0.2, -0.15) is 0 Å². The number of sulfonamides is 1. The molecule has 1 atom stereocenters. The zero-order chi connectivity index (χ0) is 19.7. The topological polar surface area (TPSA) is 109 Å². The molecule has 0 saturated heterocycles. The second kappa shape index (κ2) is 7.15. The summed E-state index contributed by atoms with van der Waals surface area (Å²) in [5.41, 5.74) is -0.415. The number of benzene rings is 2. The van der Waals surface area contributed by atoms with E-state index in [1.54, 1.807) is 12.1 Å². The molecule has 0 fully saturated rings. The molecule has 1 unspecified atom stereocenters. The maximum absolute atomic E-state index is 12.5. The molecule has 27 heavy (non-hydrogen) atoms. The number of anilines is 1. The summed E-state index contributed by atoms with van der Waals surface area (Å²) in [6.45, 7) is 2.59. The Morgan fingerprint density at radius 2 is 1.81 bits per heavy atom. The molecule has 1 heterocycles. The molecule has 2 aromatic carbocycles. The van der Waals surface area contributed by atoms with E-state index in [1.165, 1.54) is 38.1 Å². The molecular formula is C19H20N2O5S. The summed E-state index contributed by atoms with van der Waals surface area (Å²) in [7, 11) is -3.84. The van der Waals surface area contributed by atoms with Crippen LogP contribution in [0.5, 0.6) is 0 Å². The van der Waals surface area contributed by atoms with E-state index in [9.17, 15) is 18.3 Å². The lowest BCUT2D eigenvalue weighted by atomic mass is 10.0. The van der Waals surface area contributed by atoms with Gasteiger partial charge < -0.3 is 14.8 Å². The van der Waals surface area contributed by atoms with E-state index in [4.69, 9.17) is 4.42 Å². The largest absolute Gasteiger partial charge is 0.458 e. The van der Waals surface area contributed by atoms with Gasteiger partial charge in [-0.15, -0.1) is 0 Å². The number of amides is 1. The summed E-state index contributed by atoms with van der Waals surface area (Å²) in [4.78, 5) is 11.1. The number of para-hydroxylation sites is 1. The van der Waals surface area contributed by atoms with Crippen LogP contribution in [0.3, 0.4) is 0 Å². The van der Waals surface area contributed by atoms with Crippen molar-refractivity contribution in [3.8, 4) is 0 Å². The van der Waals surface area contributed by atoms with E-state index in [1.807, 2.05) is 18.2 Å². The number of rotatable bonds is 6. The Hall–Kier alpha value is -2.68. The van der Waals surface area contributed by atoms with Gasteiger partial charge in [0.15, 0.2) is 0 Å². The Morgan fingerprint density at radius 3 is 2.44 bits per heavy atom. The van der Waals surface area contributed by atoms with Crippen LogP contribution in [0.1, 0.15) is 19.6 Å². The van der Waals surface area contributed by atoms with Gasteiger partial charge in [0.25, 0.3) is 0 Å². The highest BCUT2D eigenvalue weighted by molar-refractivity contribution is 7.89. The summed E-state index contributed by atoms with van der Waals surface area (Å²) in [5.74, 6) is 0.0259. The van der Waals surface area contributed by atoms with Crippen molar-refractivity contribution in [2.75, 3.05) is 11.9 Å². The Balaban J connectivity index is 1.74. The number of fused-ring (bicyclic) bond motifs is 1. The van der Waals surface area contributed by atoms with Gasteiger partial charge in [0.1, 0.15) is 16.9 Å². The van der Waals surface area contributed by atoms with Crippen LogP contribution in [-0.2, 0) is 20.4 Å². The summed E-state index contributed by atoms with van der Waals surface area (Å²) >= 11 is 0. The Labute approximate surface area is 157 Å². The van der Waals surface area contributed by atoms with Crippen LogP contribution in [0.4, 0.5) is 5.69 Å². The van der Waals surface area contributed by atoms with Gasteiger partial charge in [0.05, 0.1) is 4.90 Å². The molecule has 0 aliphatic carbocycles. The van der Waals surface area contributed by atoms with Crippen LogP contribution >= 0.6 is 0 Å². The lowest BCUT2D eigenvalue weighted by molar-refractivity contribution is -0.114.